The summed E-state index contributed by atoms with van der Waals surface area (Å²) in [5, 5.41) is 11.6. The van der Waals surface area contributed by atoms with Crippen LogP contribution >= 0.6 is 0 Å². The molecule has 0 aliphatic carbocycles. The normalized spacial score (nSPS) is 11.9. The molecule has 0 radical (unpaired) electrons. The molecule has 0 aliphatic heterocycles. The fourth-order valence-electron chi connectivity index (χ4n) is 1.81. The molecule has 0 heterocycles. The van der Waals surface area contributed by atoms with Gasteiger partial charge < -0.3 is 10.8 Å². The molecule has 3 N–H and O–H groups in total. The van der Waals surface area contributed by atoms with Crippen LogP contribution in [0.1, 0.15) is 19.4 Å². The SMILES string of the molecule is CC(C)(CN)c1ccc2c(O)cccc2c1. The number of phenols is 1. The number of hydrogen-bond donors (Lipinski definition) is 2. The van der Waals surface area contributed by atoms with E-state index >= 15 is 0 Å². The molecule has 84 valence electrons. The molecule has 0 unspecified atom stereocenters. The standard InChI is InChI=1S/C14H17NO/c1-14(2,9-15)11-6-7-12-10(8-11)4-3-5-13(12)16/h3-8,16H,9,15H2,1-2H3. The molecule has 2 heteroatoms. The number of nitrogens with two attached hydrogens (primary N) is 1. The maximum absolute atomic E-state index is 9.70. The van der Waals surface area contributed by atoms with Gasteiger partial charge in [-0.2, -0.15) is 0 Å². The average molecular weight is 215 g/mol. The maximum atomic E-state index is 9.70. The first-order chi connectivity index (χ1) is 7.54. The van der Waals surface area contributed by atoms with Crippen LogP contribution in [0.25, 0.3) is 10.8 Å². The molecule has 0 saturated heterocycles. The Morgan fingerprint density at radius 2 is 1.94 bits per heavy atom. The Hall–Kier alpha value is -1.54. The second-order valence-corrected chi connectivity index (χ2v) is 4.80. The second kappa shape index (κ2) is 3.80. The molecule has 16 heavy (non-hydrogen) atoms. The van der Waals surface area contributed by atoms with E-state index < -0.39 is 0 Å². The van der Waals surface area contributed by atoms with Gasteiger partial charge in [-0.1, -0.05) is 44.2 Å². The van der Waals surface area contributed by atoms with E-state index in [-0.39, 0.29) is 5.41 Å². The van der Waals surface area contributed by atoms with Gasteiger partial charge in [0.05, 0.1) is 0 Å². The highest BCUT2D eigenvalue weighted by atomic mass is 16.3. The summed E-state index contributed by atoms with van der Waals surface area (Å²) in [7, 11) is 0. The molecule has 2 aromatic carbocycles. The number of rotatable bonds is 2. The van der Waals surface area contributed by atoms with E-state index in [1.807, 2.05) is 24.3 Å². The molecule has 0 saturated carbocycles. The van der Waals surface area contributed by atoms with Crippen LogP contribution in [-0.2, 0) is 5.41 Å². The number of phenolic OH excluding ortho intramolecular Hbond substituents is 1. The van der Waals surface area contributed by atoms with Gasteiger partial charge in [-0.3, -0.25) is 0 Å². The highest BCUT2D eigenvalue weighted by Crippen LogP contribution is 2.29. The Morgan fingerprint density at radius 3 is 2.62 bits per heavy atom. The summed E-state index contributed by atoms with van der Waals surface area (Å²) in [6, 6.07) is 11.7. The Balaban J connectivity index is 2.61. The van der Waals surface area contributed by atoms with Gasteiger partial charge in [-0.15, -0.1) is 0 Å². The Morgan fingerprint density at radius 1 is 1.19 bits per heavy atom. The number of fused-ring (bicyclic) bond motifs is 1. The Bertz CT molecular complexity index is 517. The van der Waals surface area contributed by atoms with Crippen LogP contribution in [0.5, 0.6) is 5.75 Å². The molecule has 2 rings (SSSR count). The minimum absolute atomic E-state index is 0.0281. The van der Waals surface area contributed by atoms with E-state index in [4.69, 9.17) is 5.73 Å². The van der Waals surface area contributed by atoms with Crippen molar-refractivity contribution in [2.24, 2.45) is 5.73 Å². The summed E-state index contributed by atoms with van der Waals surface area (Å²) in [4.78, 5) is 0. The first-order valence-corrected chi connectivity index (χ1v) is 5.47. The van der Waals surface area contributed by atoms with Crippen molar-refractivity contribution in [1.29, 1.82) is 0 Å². The van der Waals surface area contributed by atoms with E-state index in [0.29, 0.717) is 12.3 Å². The molecule has 0 bridgehead atoms. The van der Waals surface area contributed by atoms with Gasteiger partial charge in [0.15, 0.2) is 0 Å². The van der Waals surface area contributed by atoms with Gasteiger partial charge in [0.2, 0.25) is 0 Å². The Kier molecular flexibility index (Phi) is 2.60. The molecular weight excluding hydrogens is 198 g/mol. The molecule has 2 aromatic rings. The van der Waals surface area contributed by atoms with Crippen molar-refractivity contribution in [3.63, 3.8) is 0 Å². The van der Waals surface area contributed by atoms with E-state index in [0.717, 1.165) is 10.8 Å². The first-order valence-electron chi connectivity index (χ1n) is 5.47. The van der Waals surface area contributed by atoms with Crippen molar-refractivity contribution in [2.75, 3.05) is 6.54 Å². The molecule has 0 aromatic heterocycles. The van der Waals surface area contributed by atoms with Gasteiger partial charge in [-0.05, 0) is 17.0 Å². The van der Waals surface area contributed by atoms with Crippen molar-refractivity contribution in [3.8, 4) is 5.75 Å². The third-order valence-electron chi connectivity index (χ3n) is 3.15. The molecular formula is C14H17NO. The van der Waals surface area contributed by atoms with Crippen molar-refractivity contribution >= 4 is 10.8 Å². The fraction of sp³-hybridized carbons (Fsp3) is 0.286. The lowest BCUT2D eigenvalue weighted by molar-refractivity contribution is 0.481. The second-order valence-electron chi connectivity index (χ2n) is 4.80. The highest BCUT2D eigenvalue weighted by molar-refractivity contribution is 5.88. The monoisotopic (exact) mass is 215 g/mol. The molecule has 0 atom stereocenters. The zero-order chi connectivity index (χ0) is 11.8. The fourth-order valence-corrected chi connectivity index (χ4v) is 1.81. The highest BCUT2D eigenvalue weighted by Gasteiger charge is 2.18. The third-order valence-corrected chi connectivity index (χ3v) is 3.15. The quantitative estimate of drug-likeness (QED) is 0.809. The van der Waals surface area contributed by atoms with Crippen LogP contribution in [0, 0.1) is 0 Å². The lowest BCUT2D eigenvalue weighted by Gasteiger charge is -2.23. The van der Waals surface area contributed by atoms with Gasteiger partial charge in [0.25, 0.3) is 0 Å². The average Bonchev–Trinajstić information content (AvgIpc) is 2.29. The molecule has 0 spiro atoms. The van der Waals surface area contributed by atoms with E-state index in [2.05, 4.69) is 19.9 Å². The smallest absolute Gasteiger partial charge is 0.123 e. The van der Waals surface area contributed by atoms with Crippen LogP contribution in [0.3, 0.4) is 0 Å². The van der Waals surface area contributed by atoms with Crippen LogP contribution in [-0.4, -0.2) is 11.7 Å². The largest absolute Gasteiger partial charge is 0.507 e. The number of benzene rings is 2. The lowest BCUT2D eigenvalue weighted by atomic mass is 9.84. The zero-order valence-electron chi connectivity index (χ0n) is 9.70. The van der Waals surface area contributed by atoms with Crippen LogP contribution in [0.15, 0.2) is 36.4 Å². The van der Waals surface area contributed by atoms with E-state index in [1.165, 1.54) is 5.56 Å². The summed E-state index contributed by atoms with van der Waals surface area (Å²) in [5.74, 6) is 0.328. The van der Waals surface area contributed by atoms with Gasteiger partial charge >= 0.3 is 0 Å². The summed E-state index contributed by atoms with van der Waals surface area (Å²) in [5.41, 5.74) is 6.94. The van der Waals surface area contributed by atoms with Gasteiger partial charge in [-0.25, -0.2) is 0 Å². The predicted molar refractivity (Wildman–Crippen MR) is 67.7 cm³/mol. The molecule has 0 aliphatic rings. The maximum Gasteiger partial charge on any atom is 0.123 e. The van der Waals surface area contributed by atoms with Crippen molar-refractivity contribution < 1.29 is 5.11 Å². The first kappa shape index (κ1) is 11.0. The van der Waals surface area contributed by atoms with Crippen molar-refractivity contribution in [1.82, 2.24) is 0 Å². The van der Waals surface area contributed by atoms with Crippen LogP contribution in [0.4, 0.5) is 0 Å². The third kappa shape index (κ3) is 1.76. The molecule has 0 fully saturated rings. The molecule has 2 nitrogen and oxygen atoms in total. The van der Waals surface area contributed by atoms with E-state index in [1.54, 1.807) is 6.07 Å². The van der Waals surface area contributed by atoms with E-state index in [9.17, 15) is 5.11 Å². The van der Waals surface area contributed by atoms with Crippen LogP contribution < -0.4 is 5.73 Å². The van der Waals surface area contributed by atoms with Gasteiger partial charge in [0.1, 0.15) is 5.75 Å². The summed E-state index contributed by atoms with van der Waals surface area (Å²) in [6.45, 7) is 4.85. The summed E-state index contributed by atoms with van der Waals surface area (Å²) < 4.78 is 0. The number of hydrogen-bond acceptors (Lipinski definition) is 2. The zero-order valence-corrected chi connectivity index (χ0v) is 9.70. The van der Waals surface area contributed by atoms with Crippen molar-refractivity contribution in [2.45, 2.75) is 19.3 Å². The minimum atomic E-state index is -0.0281. The summed E-state index contributed by atoms with van der Waals surface area (Å²) >= 11 is 0. The summed E-state index contributed by atoms with van der Waals surface area (Å²) in [6.07, 6.45) is 0. The van der Waals surface area contributed by atoms with Gasteiger partial charge in [0, 0.05) is 17.3 Å². The minimum Gasteiger partial charge on any atom is -0.507 e. The number of aromatic hydroxyl groups is 1. The lowest BCUT2D eigenvalue weighted by Crippen LogP contribution is -2.27. The predicted octanol–water partition coefficient (Wildman–Crippen LogP) is 2.78. The van der Waals surface area contributed by atoms with Crippen molar-refractivity contribution in [3.05, 3.63) is 42.0 Å². The van der Waals surface area contributed by atoms with Crippen LogP contribution in [0.2, 0.25) is 0 Å². The molecule has 0 amide bonds. The topological polar surface area (TPSA) is 46.2 Å². The Labute approximate surface area is 95.7 Å².